The van der Waals surface area contributed by atoms with Gasteiger partial charge in [0.25, 0.3) is 0 Å². The van der Waals surface area contributed by atoms with Crippen molar-refractivity contribution in [2.45, 2.75) is 13.8 Å². The maximum absolute atomic E-state index is 14.5. The lowest BCUT2D eigenvalue weighted by Crippen LogP contribution is -2.21. The molecule has 0 aliphatic carbocycles. The lowest BCUT2D eigenvalue weighted by molar-refractivity contribution is -0.114. The van der Waals surface area contributed by atoms with Gasteiger partial charge in [-0.25, -0.2) is 9.07 Å². The van der Waals surface area contributed by atoms with Gasteiger partial charge >= 0.3 is 0 Å². The van der Waals surface area contributed by atoms with Gasteiger partial charge in [0.2, 0.25) is 12.7 Å². The van der Waals surface area contributed by atoms with Crippen molar-refractivity contribution in [3.63, 3.8) is 0 Å². The van der Waals surface area contributed by atoms with Gasteiger partial charge in [-0.2, -0.15) is 5.10 Å². The molecule has 1 aliphatic heterocycles. The fourth-order valence-electron chi connectivity index (χ4n) is 3.02. The molecule has 0 spiro atoms. The first-order chi connectivity index (χ1) is 13.5. The third kappa shape index (κ3) is 3.62. The van der Waals surface area contributed by atoms with Crippen molar-refractivity contribution in [2.75, 3.05) is 24.0 Å². The minimum Gasteiger partial charge on any atom is -0.454 e. The van der Waals surface area contributed by atoms with Crippen molar-refractivity contribution in [1.29, 1.82) is 0 Å². The Balaban J connectivity index is 1.39. The quantitative estimate of drug-likeness (QED) is 0.707. The van der Waals surface area contributed by atoms with Crippen LogP contribution in [0.25, 0.3) is 5.69 Å². The van der Waals surface area contributed by atoms with E-state index in [0.717, 1.165) is 11.4 Å². The Kier molecular flexibility index (Phi) is 4.60. The van der Waals surface area contributed by atoms with Gasteiger partial charge in [-0.3, -0.25) is 4.79 Å². The molecule has 1 aromatic heterocycles. The number of benzene rings is 2. The van der Waals surface area contributed by atoms with Gasteiger partial charge in [0.05, 0.1) is 12.2 Å². The Morgan fingerprint density at radius 2 is 1.89 bits per heavy atom. The number of amides is 1. The van der Waals surface area contributed by atoms with E-state index >= 15 is 0 Å². The van der Waals surface area contributed by atoms with Crippen molar-refractivity contribution >= 4 is 17.3 Å². The van der Waals surface area contributed by atoms with Crippen LogP contribution in [0.15, 0.2) is 42.5 Å². The van der Waals surface area contributed by atoms with Crippen LogP contribution in [0.4, 0.5) is 15.8 Å². The van der Waals surface area contributed by atoms with Gasteiger partial charge in [-0.05, 0) is 50.2 Å². The molecule has 3 aromatic rings. The molecule has 2 heterocycles. The number of anilines is 2. The molecule has 2 aromatic carbocycles. The van der Waals surface area contributed by atoms with E-state index in [4.69, 9.17) is 9.47 Å². The predicted octanol–water partition coefficient (Wildman–Crippen LogP) is 3.41. The van der Waals surface area contributed by atoms with Gasteiger partial charge in [-0.15, -0.1) is 0 Å². The van der Waals surface area contributed by atoms with Gasteiger partial charge in [0.15, 0.2) is 17.3 Å². The maximum atomic E-state index is 14.5. The van der Waals surface area contributed by atoms with Crippen molar-refractivity contribution < 1.29 is 18.7 Å². The largest absolute Gasteiger partial charge is 0.454 e. The summed E-state index contributed by atoms with van der Waals surface area (Å²) in [6.07, 6.45) is 0. The molecule has 2 N–H and O–H groups in total. The van der Waals surface area contributed by atoms with Gasteiger partial charge in [0.1, 0.15) is 5.69 Å². The average Bonchev–Trinajstić information content (AvgIpc) is 3.25. The Hall–Kier alpha value is -3.55. The Morgan fingerprint density at radius 3 is 2.64 bits per heavy atom. The van der Waals surface area contributed by atoms with Crippen LogP contribution in [0.3, 0.4) is 0 Å². The molecular formula is C20H19FN4O3. The Labute approximate surface area is 161 Å². The molecule has 144 valence electrons. The summed E-state index contributed by atoms with van der Waals surface area (Å²) in [6, 6.07) is 11.7. The smallest absolute Gasteiger partial charge is 0.243 e. The fraction of sp³-hybridized carbons (Fsp3) is 0.200. The minimum atomic E-state index is -0.424. The van der Waals surface area contributed by atoms with Gasteiger partial charge in [-0.1, -0.05) is 0 Å². The van der Waals surface area contributed by atoms with Crippen LogP contribution < -0.4 is 20.1 Å². The number of carbonyl (C=O) groups is 1. The number of nitrogens with one attached hydrogen (secondary N) is 2. The topological polar surface area (TPSA) is 77.4 Å². The first-order valence-corrected chi connectivity index (χ1v) is 8.76. The van der Waals surface area contributed by atoms with E-state index in [1.165, 1.54) is 6.07 Å². The molecule has 7 nitrogen and oxygen atoms in total. The normalized spacial score (nSPS) is 12.1. The zero-order valence-electron chi connectivity index (χ0n) is 15.5. The van der Waals surface area contributed by atoms with E-state index in [1.807, 2.05) is 19.9 Å². The second kappa shape index (κ2) is 7.22. The van der Waals surface area contributed by atoms with Crippen LogP contribution in [-0.4, -0.2) is 29.0 Å². The fourth-order valence-corrected chi connectivity index (χ4v) is 3.02. The molecule has 28 heavy (non-hydrogen) atoms. The van der Waals surface area contributed by atoms with Crippen LogP contribution in [-0.2, 0) is 4.79 Å². The number of ether oxygens (including phenoxy) is 2. The monoisotopic (exact) mass is 382 g/mol. The molecule has 0 fully saturated rings. The summed E-state index contributed by atoms with van der Waals surface area (Å²) in [5.74, 6) is 0.552. The first-order valence-electron chi connectivity index (χ1n) is 8.76. The molecule has 0 unspecified atom stereocenters. The van der Waals surface area contributed by atoms with Crippen molar-refractivity contribution in [1.82, 2.24) is 9.78 Å². The molecule has 1 aliphatic rings. The molecule has 4 rings (SSSR count). The lowest BCUT2D eigenvalue weighted by Gasteiger charge is -2.11. The Morgan fingerprint density at radius 1 is 1.11 bits per heavy atom. The van der Waals surface area contributed by atoms with E-state index in [9.17, 15) is 9.18 Å². The standard InChI is InChI=1S/C20H19FN4O3/c1-12-7-13(2)25(24-12)17-5-3-14(8-16(17)21)22-10-20(26)23-15-4-6-18-19(9-15)28-11-27-18/h3-9,22H,10-11H2,1-2H3,(H,23,26). The van der Waals surface area contributed by atoms with E-state index in [1.54, 1.807) is 35.0 Å². The number of carbonyl (C=O) groups excluding carboxylic acids is 1. The third-order valence-corrected chi connectivity index (χ3v) is 4.29. The summed E-state index contributed by atoms with van der Waals surface area (Å²) >= 11 is 0. The molecule has 0 saturated heterocycles. The summed E-state index contributed by atoms with van der Waals surface area (Å²) in [5, 5.41) is 9.97. The predicted molar refractivity (Wildman–Crippen MR) is 103 cm³/mol. The van der Waals surface area contributed by atoms with Crippen LogP contribution in [0.5, 0.6) is 11.5 Å². The Bertz CT molecular complexity index is 1050. The summed E-state index contributed by atoms with van der Waals surface area (Å²) in [7, 11) is 0. The van der Waals surface area contributed by atoms with E-state index in [0.29, 0.717) is 28.6 Å². The molecule has 8 heteroatoms. The number of hydrogen-bond acceptors (Lipinski definition) is 5. The van der Waals surface area contributed by atoms with Crippen LogP contribution in [0.1, 0.15) is 11.4 Å². The van der Waals surface area contributed by atoms with E-state index < -0.39 is 5.82 Å². The minimum absolute atomic E-state index is 0.00681. The number of hydrogen-bond donors (Lipinski definition) is 2. The highest BCUT2D eigenvalue weighted by atomic mass is 19.1. The molecule has 0 radical (unpaired) electrons. The first kappa shape index (κ1) is 17.8. The van der Waals surface area contributed by atoms with Crippen molar-refractivity contribution in [3.8, 4) is 17.2 Å². The van der Waals surface area contributed by atoms with Crippen LogP contribution in [0.2, 0.25) is 0 Å². The number of aromatic nitrogens is 2. The van der Waals surface area contributed by atoms with Crippen LogP contribution >= 0.6 is 0 Å². The number of aryl methyl sites for hydroxylation is 2. The zero-order valence-corrected chi connectivity index (χ0v) is 15.5. The molecule has 1 amide bonds. The average molecular weight is 382 g/mol. The van der Waals surface area contributed by atoms with Crippen LogP contribution in [0, 0.1) is 19.7 Å². The third-order valence-electron chi connectivity index (χ3n) is 4.29. The highest BCUT2D eigenvalue weighted by molar-refractivity contribution is 5.94. The van der Waals surface area contributed by atoms with E-state index in [2.05, 4.69) is 15.7 Å². The van der Waals surface area contributed by atoms with Gasteiger partial charge < -0.3 is 20.1 Å². The second-order valence-corrected chi connectivity index (χ2v) is 6.47. The van der Waals surface area contributed by atoms with E-state index in [-0.39, 0.29) is 19.2 Å². The SMILES string of the molecule is Cc1cc(C)n(-c2ccc(NCC(=O)Nc3ccc4c(c3)OCO4)cc2F)n1. The highest BCUT2D eigenvalue weighted by Crippen LogP contribution is 2.34. The van der Waals surface area contributed by atoms with Gasteiger partial charge in [0, 0.05) is 23.1 Å². The number of halogens is 1. The number of nitrogens with zero attached hydrogens (tertiary/aromatic N) is 2. The van der Waals surface area contributed by atoms with Crippen molar-refractivity contribution in [2.24, 2.45) is 0 Å². The maximum Gasteiger partial charge on any atom is 0.243 e. The second-order valence-electron chi connectivity index (χ2n) is 6.47. The molecule has 0 saturated carbocycles. The van der Waals surface area contributed by atoms with Crippen molar-refractivity contribution in [3.05, 3.63) is 59.7 Å². The lowest BCUT2D eigenvalue weighted by atomic mass is 10.2. The highest BCUT2D eigenvalue weighted by Gasteiger charge is 2.14. The summed E-state index contributed by atoms with van der Waals surface area (Å²) in [5.41, 5.74) is 3.13. The number of fused-ring (bicyclic) bond motifs is 1. The summed E-state index contributed by atoms with van der Waals surface area (Å²) in [6.45, 7) is 3.89. The summed E-state index contributed by atoms with van der Waals surface area (Å²) in [4.78, 5) is 12.2. The molecule has 0 atom stereocenters. The number of rotatable bonds is 5. The molecular weight excluding hydrogens is 363 g/mol. The molecule has 0 bridgehead atoms. The summed E-state index contributed by atoms with van der Waals surface area (Å²) < 4.78 is 26.6. The zero-order chi connectivity index (χ0) is 19.7.